The van der Waals surface area contributed by atoms with Crippen LogP contribution in [0.25, 0.3) is 0 Å². The number of pyridine rings is 1. The standard InChI is InChI=1S/C10H13F3N2/c1-9(2,14-3)7-5-4-6-8(15-7)10(11,12)13/h4-6,14H,1-3H3. The van der Waals surface area contributed by atoms with Crippen molar-refractivity contribution in [3.05, 3.63) is 29.6 Å². The predicted molar refractivity (Wildman–Crippen MR) is 51.3 cm³/mol. The highest BCUT2D eigenvalue weighted by Crippen LogP contribution is 2.29. The van der Waals surface area contributed by atoms with Crippen LogP contribution < -0.4 is 5.32 Å². The third-order valence-corrected chi connectivity index (χ3v) is 2.30. The molecule has 0 spiro atoms. The zero-order chi connectivity index (χ0) is 11.7. The van der Waals surface area contributed by atoms with Crippen LogP contribution in [0.4, 0.5) is 13.2 Å². The van der Waals surface area contributed by atoms with Gasteiger partial charge in [-0.1, -0.05) is 6.07 Å². The number of nitrogens with zero attached hydrogens (tertiary/aromatic N) is 1. The first-order valence-electron chi connectivity index (χ1n) is 4.51. The van der Waals surface area contributed by atoms with Gasteiger partial charge in [0.2, 0.25) is 0 Å². The minimum Gasteiger partial charge on any atom is -0.310 e. The lowest BCUT2D eigenvalue weighted by Crippen LogP contribution is -2.34. The molecule has 1 aromatic heterocycles. The third kappa shape index (κ3) is 2.68. The highest BCUT2D eigenvalue weighted by Gasteiger charge is 2.33. The van der Waals surface area contributed by atoms with Gasteiger partial charge in [-0.05, 0) is 33.0 Å². The molecular weight excluding hydrogens is 205 g/mol. The Morgan fingerprint density at radius 3 is 2.13 bits per heavy atom. The van der Waals surface area contributed by atoms with Gasteiger partial charge in [-0.3, -0.25) is 0 Å². The van der Waals surface area contributed by atoms with E-state index in [0.717, 1.165) is 6.07 Å². The van der Waals surface area contributed by atoms with Crippen molar-refractivity contribution < 1.29 is 13.2 Å². The van der Waals surface area contributed by atoms with Crippen LogP contribution in [0.5, 0.6) is 0 Å². The molecule has 0 aliphatic rings. The van der Waals surface area contributed by atoms with Crippen LogP contribution in [0.3, 0.4) is 0 Å². The van der Waals surface area contributed by atoms with E-state index in [-0.39, 0.29) is 0 Å². The van der Waals surface area contributed by atoms with Gasteiger partial charge < -0.3 is 5.32 Å². The molecule has 0 atom stereocenters. The molecule has 0 saturated carbocycles. The van der Waals surface area contributed by atoms with Crippen LogP contribution in [0.2, 0.25) is 0 Å². The van der Waals surface area contributed by atoms with Crippen LogP contribution in [0.15, 0.2) is 18.2 Å². The first kappa shape index (κ1) is 12.0. The molecule has 1 N–H and O–H groups in total. The maximum Gasteiger partial charge on any atom is 0.433 e. The Morgan fingerprint density at radius 1 is 1.13 bits per heavy atom. The van der Waals surface area contributed by atoms with Crippen molar-refractivity contribution in [3.8, 4) is 0 Å². The van der Waals surface area contributed by atoms with Crippen LogP contribution in [-0.4, -0.2) is 12.0 Å². The molecule has 0 radical (unpaired) electrons. The van der Waals surface area contributed by atoms with E-state index in [1.165, 1.54) is 6.07 Å². The molecule has 0 amide bonds. The lowest BCUT2D eigenvalue weighted by Gasteiger charge is -2.24. The fourth-order valence-corrected chi connectivity index (χ4v) is 1.07. The normalized spacial score (nSPS) is 12.9. The van der Waals surface area contributed by atoms with Crippen LogP contribution in [0, 0.1) is 0 Å². The quantitative estimate of drug-likeness (QED) is 0.825. The molecule has 1 rings (SSSR count). The minimum absolute atomic E-state index is 0.375. The summed E-state index contributed by atoms with van der Waals surface area (Å²) >= 11 is 0. The Morgan fingerprint density at radius 2 is 1.67 bits per heavy atom. The first-order chi connectivity index (χ1) is 6.77. The molecule has 0 saturated heterocycles. The summed E-state index contributed by atoms with van der Waals surface area (Å²) in [5.41, 5.74) is -1.05. The number of nitrogens with one attached hydrogen (secondary N) is 1. The zero-order valence-corrected chi connectivity index (χ0v) is 8.81. The highest BCUT2D eigenvalue weighted by atomic mass is 19.4. The summed E-state index contributed by atoms with van der Waals surface area (Å²) in [5, 5.41) is 2.91. The van der Waals surface area contributed by atoms with Crippen molar-refractivity contribution in [2.24, 2.45) is 0 Å². The Hall–Kier alpha value is -1.10. The molecule has 1 aromatic rings. The van der Waals surface area contributed by atoms with E-state index >= 15 is 0 Å². The molecule has 0 fully saturated rings. The maximum atomic E-state index is 12.4. The second-order valence-electron chi connectivity index (χ2n) is 3.78. The van der Waals surface area contributed by atoms with Crippen molar-refractivity contribution in [1.29, 1.82) is 0 Å². The molecule has 0 bridgehead atoms. The van der Waals surface area contributed by atoms with Gasteiger partial charge in [-0.25, -0.2) is 4.98 Å². The predicted octanol–water partition coefficient (Wildman–Crippen LogP) is 2.55. The Bertz CT molecular complexity index is 345. The van der Waals surface area contributed by atoms with Gasteiger partial charge in [0.25, 0.3) is 0 Å². The summed E-state index contributed by atoms with van der Waals surface area (Å²) < 4.78 is 37.1. The van der Waals surface area contributed by atoms with E-state index in [0.29, 0.717) is 5.69 Å². The number of halogens is 3. The van der Waals surface area contributed by atoms with Gasteiger partial charge in [0, 0.05) is 0 Å². The van der Waals surface area contributed by atoms with E-state index in [9.17, 15) is 13.2 Å². The molecular formula is C10H13F3N2. The van der Waals surface area contributed by atoms with Crippen LogP contribution in [-0.2, 0) is 11.7 Å². The van der Waals surface area contributed by atoms with Gasteiger partial charge in [-0.2, -0.15) is 13.2 Å². The number of rotatable bonds is 2. The number of aromatic nitrogens is 1. The largest absolute Gasteiger partial charge is 0.433 e. The van der Waals surface area contributed by atoms with Gasteiger partial charge in [0.15, 0.2) is 0 Å². The summed E-state index contributed by atoms with van der Waals surface area (Å²) in [5.74, 6) is 0. The van der Waals surface area contributed by atoms with Crippen molar-refractivity contribution in [3.63, 3.8) is 0 Å². The van der Waals surface area contributed by atoms with Gasteiger partial charge in [0.1, 0.15) is 5.69 Å². The monoisotopic (exact) mass is 218 g/mol. The number of hydrogen-bond donors (Lipinski definition) is 1. The molecule has 2 nitrogen and oxygen atoms in total. The molecule has 84 valence electrons. The van der Waals surface area contributed by atoms with Crippen molar-refractivity contribution >= 4 is 0 Å². The molecule has 0 aliphatic carbocycles. The average molecular weight is 218 g/mol. The summed E-state index contributed by atoms with van der Waals surface area (Å²) in [4.78, 5) is 3.60. The third-order valence-electron chi connectivity index (χ3n) is 2.30. The van der Waals surface area contributed by atoms with E-state index in [2.05, 4.69) is 10.3 Å². The second kappa shape index (κ2) is 3.81. The molecule has 0 aliphatic heterocycles. The summed E-state index contributed by atoms with van der Waals surface area (Å²) in [6.45, 7) is 3.55. The first-order valence-corrected chi connectivity index (χ1v) is 4.51. The maximum absolute atomic E-state index is 12.4. The van der Waals surface area contributed by atoms with E-state index in [1.807, 2.05) is 0 Å². The van der Waals surface area contributed by atoms with Crippen molar-refractivity contribution in [2.75, 3.05) is 7.05 Å². The van der Waals surface area contributed by atoms with Gasteiger partial charge >= 0.3 is 6.18 Å². The summed E-state index contributed by atoms with van der Waals surface area (Å²) in [7, 11) is 1.68. The SMILES string of the molecule is CNC(C)(C)c1cccc(C(F)(F)F)n1. The minimum atomic E-state index is -4.39. The molecule has 0 aromatic carbocycles. The van der Waals surface area contributed by atoms with Crippen molar-refractivity contribution in [1.82, 2.24) is 10.3 Å². The Kier molecular flexibility index (Phi) is 3.04. The molecule has 0 unspecified atom stereocenters. The number of hydrogen-bond acceptors (Lipinski definition) is 2. The van der Waals surface area contributed by atoms with Gasteiger partial charge in [-0.15, -0.1) is 0 Å². The van der Waals surface area contributed by atoms with E-state index in [4.69, 9.17) is 0 Å². The summed E-state index contributed by atoms with van der Waals surface area (Å²) in [6.07, 6.45) is -4.39. The smallest absolute Gasteiger partial charge is 0.310 e. The zero-order valence-electron chi connectivity index (χ0n) is 8.81. The summed E-state index contributed by atoms with van der Waals surface area (Å²) in [6, 6.07) is 3.91. The lowest BCUT2D eigenvalue weighted by molar-refractivity contribution is -0.141. The van der Waals surface area contributed by atoms with Crippen LogP contribution in [0.1, 0.15) is 25.2 Å². The lowest BCUT2D eigenvalue weighted by atomic mass is 10.00. The second-order valence-corrected chi connectivity index (χ2v) is 3.78. The highest BCUT2D eigenvalue weighted by molar-refractivity contribution is 5.19. The van der Waals surface area contributed by atoms with Crippen LogP contribution >= 0.6 is 0 Å². The molecule has 15 heavy (non-hydrogen) atoms. The van der Waals surface area contributed by atoms with Gasteiger partial charge in [0.05, 0.1) is 11.2 Å². The molecule has 5 heteroatoms. The Labute approximate surface area is 86.5 Å². The number of alkyl halides is 3. The fraction of sp³-hybridized carbons (Fsp3) is 0.500. The average Bonchev–Trinajstić information content (AvgIpc) is 2.17. The topological polar surface area (TPSA) is 24.9 Å². The Balaban J connectivity index is 3.14. The van der Waals surface area contributed by atoms with E-state index in [1.54, 1.807) is 27.0 Å². The fourth-order valence-electron chi connectivity index (χ4n) is 1.07. The van der Waals surface area contributed by atoms with E-state index < -0.39 is 17.4 Å². The molecule has 1 heterocycles. The van der Waals surface area contributed by atoms with Crippen molar-refractivity contribution in [2.45, 2.75) is 25.6 Å².